The maximum atomic E-state index is 12.5. The number of anilines is 3. The fraction of sp³-hybridized carbons (Fsp3) is 0.160. The van der Waals surface area contributed by atoms with E-state index in [1.165, 1.54) is 76.0 Å². The second kappa shape index (κ2) is 41.7. The van der Waals surface area contributed by atoms with Gasteiger partial charge in [-0.05, 0) is 189 Å². The Labute approximate surface area is 761 Å². The SMILES string of the molecule is C.CC(=O)C=C(C)O.CC(C)(C)c1cc(-c2cc(C(C)(C)C)cc(-c3ccccc3O)n2)nc(-c2ccccc2O)c1.CC1(C)c2ccc[c-]c2-c2nccc3cccc1c23.Cc1ccc(-c2[c-]cccc2)nc1.FC(F)(F)c1c[c-]c(-c2ccc3ccccc3n2)cc1.[Ir].[Ir].[Pt].c1ccc(N(c2ccccc2)c2cc[n+]3c(c2)-c2ccccc2C3)cc1. The molecule has 0 saturated carbocycles. The number of ketones is 1. The molecule has 17 heteroatoms. The molecule has 3 N–H and O–H groups in total. The van der Waals surface area contributed by atoms with Gasteiger partial charge in [-0.1, -0.05) is 202 Å². The van der Waals surface area contributed by atoms with Gasteiger partial charge in [0.05, 0.1) is 45.3 Å². The Balaban J connectivity index is 0.000000174. The molecule has 0 fully saturated rings. The largest absolute Gasteiger partial charge is 0.512 e. The molecule has 0 spiro atoms. The number of hydrogen-bond donors (Lipinski definition) is 3. The number of aromatic hydroxyl groups is 2. The van der Waals surface area contributed by atoms with Gasteiger partial charge >= 0.3 is 6.18 Å². The first-order valence-corrected chi connectivity index (χ1v) is 39.3. The third kappa shape index (κ3) is 23.2. The number of allylic oxidation sites excluding steroid dienone is 2. The van der Waals surface area contributed by atoms with Crippen molar-refractivity contribution in [2.75, 3.05) is 4.90 Å². The molecule has 6 aromatic heterocycles. The Morgan fingerprint density at radius 1 is 0.496 bits per heavy atom. The van der Waals surface area contributed by atoms with Crippen LogP contribution in [0, 0.1) is 25.1 Å². The molecular formula is C106H96F3Ir2N7O4Pt-2. The summed E-state index contributed by atoms with van der Waals surface area (Å²) in [5.74, 6) is 0.323. The Bertz CT molecular complexity index is 6150. The molecule has 0 atom stereocenters. The molecule has 1 aliphatic carbocycles. The van der Waals surface area contributed by atoms with Crippen LogP contribution in [-0.4, -0.2) is 46.0 Å². The molecular weight excluding hydrogens is 2070 g/mol. The fourth-order valence-electron chi connectivity index (χ4n) is 14.3. The van der Waals surface area contributed by atoms with Gasteiger partial charge in [-0.2, -0.15) is 17.7 Å². The predicted molar refractivity (Wildman–Crippen MR) is 481 cm³/mol. The molecule has 7 heterocycles. The molecule has 2 radical (unpaired) electrons. The zero-order valence-corrected chi connectivity index (χ0v) is 76.4. The number of carbonyl (C=O) groups excluding carboxylic acids is 1. The fourth-order valence-corrected chi connectivity index (χ4v) is 14.3. The summed E-state index contributed by atoms with van der Waals surface area (Å²) in [7, 11) is 0. The molecule has 1 aliphatic heterocycles. The van der Waals surface area contributed by atoms with E-state index in [0.29, 0.717) is 33.8 Å². The van der Waals surface area contributed by atoms with Crippen LogP contribution in [0.25, 0.3) is 101 Å². The van der Waals surface area contributed by atoms with Crippen molar-refractivity contribution in [3.05, 3.63) is 391 Å². The minimum absolute atomic E-state index is 0. The number of para-hydroxylation sites is 5. The first kappa shape index (κ1) is 94.9. The zero-order valence-electron chi connectivity index (χ0n) is 69.4. The average molecular weight is 2170 g/mol. The van der Waals surface area contributed by atoms with Crippen LogP contribution in [0.5, 0.6) is 11.5 Å². The second-order valence-electron chi connectivity index (χ2n) is 31.8. The maximum absolute atomic E-state index is 12.5. The van der Waals surface area contributed by atoms with Gasteiger partial charge in [0, 0.05) is 120 Å². The van der Waals surface area contributed by atoms with E-state index in [-0.39, 0.29) is 108 Å². The normalized spacial score (nSPS) is 11.8. The van der Waals surface area contributed by atoms with E-state index in [2.05, 4.69) is 256 Å². The van der Waals surface area contributed by atoms with E-state index >= 15 is 0 Å². The number of aliphatic hydroxyl groups excluding tert-OH is 1. The number of carbonyl (C=O) groups is 1. The topological polar surface area (TPSA) is 149 Å². The number of nitrogens with zero attached hydrogens (tertiary/aromatic N) is 7. The summed E-state index contributed by atoms with van der Waals surface area (Å²) in [5, 5.41) is 32.9. The van der Waals surface area contributed by atoms with E-state index < -0.39 is 11.7 Å². The maximum Gasteiger partial charge on any atom is 0.381 e. The van der Waals surface area contributed by atoms with E-state index in [4.69, 9.17) is 15.1 Å². The van der Waals surface area contributed by atoms with Crippen LogP contribution < -0.4 is 9.47 Å². The molecule has 0 unspecified atom stereocenters. The zero-order chi connectivity index (χ0) is 84.2. The van der Waals surface area contributed by atoms with Gasteiger partial charge in [-0.3, -0.25) is 9.78 Å². The van der Waals surface area contributed by atoms with E-state index in [0.717, 1.165) is 86.0 Å². The molecule has 16 aromatic rings. The van der Waals surface area contributed by atoms with Gasteiger partial charge < -0.3 is 30.2 Å². The van der Waals surface area contributed by atoms with E-state index in [1.807, 2.05) is 122 Å². The van der Waals surface area contributed by atoms with Gasteiger partial charge in [0.1, 0.15) is 11.5 Å². The number of aliphatic hydroxyl groups is 1. The molecule has 0 saturated heterocycles. The minimum Gasteiger partial charge on any atom is -0.512 e. The number of phenols is 2. The predicted octanol–water partition coefficient (Wildman–Crippen LogP) is 26.5. The van der Waals surface area contributed by atoms with Gasteiger partial charge in [-0.15, -0.1) is 101 Å². The van der Waals surface area contributed by atoms with Crippen LogP contribution >= 0.6 is 0 Å². The monoisotopic (exact) mass is 2170 g/mol. The first-order valence-electron chi connectivity index (χ1n) is 39.3. The molecule has 123 heavy (non-hydrogen) atoms. The number of pyridine rings is 6. The van der Waals surface area contributed by atoms with Crippen molar-refractivity contribution in [3.8, 4) is 90.4 Å². The molecule has 0 amide bonds. The van der Waals surface area contributed by atoms with Gasteiger partial charge in [-0.25, -0.2) is 9.97 Å². The van der Waals surface area contributed by atoms with Crippen molar-refractivity contribution in [2.24, 2.45) is 0 Å². The molecule has 0 bridgehead atoms. The molecule has 630 valence electrons. The Kier molecular flexibility index (Phi) is 32.2. The quantitative estimate of drug-likeness (QED) is 0.0552. The van der Waals surface area contributed by atoms with Gasteiger partial charge in [0.15, 0.2) is 18.5 Å². The summed E-state index contributed by atoms with van der Waals surface area (Å²) >= 11 is 0. The van der Waals surface area contributed by atoms with E-state index in [1.54, 1.807) is 30.3 Å². The van der Waals surface area contributed by atoms with Crippen molar-refractivity contribution in [1.29, 1.82) is 0 Å². The van der Waals surface area contributed by atoms with E-state index in [9.17, 15) is 28.2 Å². The number of aryl methyl sites for hydroxylation is 1. The second-order valence-corrected chi connectivity index (χ2v) is 31.8. The molecule has 10 aromatic carbocycles. The van der Waals surface area contributed by atoms with Crippen LogP contribution in [0.2, 0.25) is 0 Å². The summed E-state index contributed by atoms with van der Waals surface area (Å²) in [5.41, 5.74) is 23.0. The number of aromatic nitrogens is 6. The Morgan fingerprint density at radius 3 is 1.58 bits per heavy atom. The Hall–Kier alpha value is -12.0. The minimum atomic E-state index is -4.34. The average Bonchev–Trinajstić information content (AvgIpc) is 1.28. The van der Waals surface area contributed by atoms with Crippen molar-refractivity contribution < 1.29 is 99.1 Å². The molecule has 2 aliphatic rings. The van der Waals surface area contributed by atoms with Crippen molar-refractivity contribution in [3.63, 3.8) is 0 Å². The molecule has 18 rings (SSSR count). The Morgan fingerprint density at radius 2 is 1.03 bits per heavy atom. The van der Waals surface area contributed by atoms with Crippen LogP contribution in [0.4, 0.5) is 30.2 Å². The standard InChI is InChI=1S/C30H32N2O2.C24H19N2.C18H14N.C16H9F3N.C12H10N.C5H8O2.CH4.2Ir.Pt/c1-29(2,3)19-15-23(21-11-7-9-13-27(21)33)31-25(17-19)26-18-20(30(4,5)6)16-24(32-26)22-12-8-10-14-28(22)34;1-3-10-20(11-4-1)26(21-12-5-2-6-13-21)22-15-16-25-18-19-9-7-8-14-23(19)24(25)17-22;1-18(2)14-8-4-3-7-13(14)17-16-12(10-11-19-17)6-5-9-15(16)18;17-16(18,19)13-8-5-12(6-9-13)15-10-7-11-3-1-2-4-14(11)20-15;1-10-7-8-12(13-9-10)11-5-3-2-4-6-11;1-4(6)3-5(2)7;;;;/h7-18,33-34H,1-6H3;1-17H,18H2;3-6,8-11H,1-2H3;1-5,7-10H;2-5,7-9H,1H3;3,6H,1-2H3;1H4;;;/q;+1;3*-1;;;;;. The van der Waals surface area contributed by atoms with Crippen molar-refractivity contribution in [1.82, 2.24) is 24.9 Å². The number of alkyl halides is 3. The summed E-state index contributed by atoms with van der Waals surface area (Å²) in [6, 6.07) is 108. The van der Waals surface area contributed by atoms with Crippen LogP contribution in [0.15, 0.2) is 334 Å². The number of hydrogen-bond acceptors (Lipinski definition) is 10. The number of benzene rings is 10. The van der Waals surface area contributed by atoms with Crippen LogP contribution in [-0.2, 0) is 95.0 Å². The third-order valence-electron chi connectivity index (χ3n) is 20.5. The van der Waals surface area contributed by atoms with Gasteiger partial charge in [0.25, 0.3) is 0 Å². The van der Waals surface area contributed by atoms with Crippen molar-refractivity contribution >= 4 is 44.5 Å². The summed E-state index contributed by atoms with van der Waals surface area (Å²) in [6.07, 6.45) is 2.79. The van der Waals surface area contributed by atoms with Crippen LogP contribution in [0.3, 0.4) is 0 Å². The number of phenolic OH excluding ortho intramolecular Hbond substituents is 2. The summed E-state index contributed by atoms with van der Waals surface area (Å²) in [6.45, 7) is 23.4. The smallest absolute Gasteiger partial charge is 0.381 e. The first-order chi connectivity index (χ1) is 57.0. The van der Waals surface area contributed by atoms with Crippen LogP contribution in [0.1, 0.15) is 116 Å². The van der Waals surface area contributed by atoms with Gasteiger partial charge in [0.2, 0.25) is 5.69 Å². The number of rotatable bonds is 9. The number of fused-ring (bicyclic) bond motifs is 6. The number of halogens is 3. The summed E-state index contributed by atoms with van der Waals surface area (Å²) in [4.78, 5) is 35.6. The van der Waals surface area contributed by atoms with Crippen molar-refractivity contribution in [2.45, 2.75) is 113 Å². The third-order valence-corrected chi connectivity index (χ3v) is 20.5. The molecule has 11 nitrogen and oxygen atoms in total. The summed E-state index contributed by atoms with van der Waals surface area (Å²) < 4.78 is 39.8.